The molecule has 1 rings (SSSR count). The van der Waals surface area contributed by atoms with E-state index in [1.807, 2.05) is 4.72 Å². The number of rotatable bonds is 5. The Bertz CT molecular complexity index is 629. The summed E-state index contributed by atoms with van der Waals surface area (Å²) in [4.78, 5) is 10.2. The SMILES string of the molecule is Cc1cc(S(=O)(=O)NC(C(=O)O)C(C)C)c(F)cc1F. The lowest BCUT2D eigenvalue weighted by molar-refractivity contribution is -0.140. The summed E-state index contributed by atoms with van der Waals surface area (Å²) in [6, 6.07) is -0.119. The molecule has 112 valence electrons. The Morgan fingerprint density at radius 2 is 1.80 bits per heavy atom. The summed E-state index contributed by atoms with van der Waals surface area (Å²) in [5.41, 5.74) is -0.0526. The highest BCUT2D eigenvalue weighted by Gasteiger charge is 2.30. The quantitative estimate of drug-likeness (QED) is 0.866. The summed E-state index contributed by atoms with van der Waals surface area (Å²) < 4.78 is 52.6. The van der Waals surface area contributed by atoms with Gasteiger partial charge in [-0.2, -0.15) is 4.72 Å². The number of halogens is 2. The first-order chi connectivity index (χ1) is 9.06. The molecule has 1 unspecified atom stereocenters. The van der Waals surface area contributed by atoms with Crippen molar-refractivity contribution in [2.45, 2.75) is 31.7 Å². The third-order valence-electron chi connectivity index (χ3n) is 2.72. The van der Waals surface area contributed by atoms with Crippen LogP contribution in [-0.2, 0) is 14.8 Å². The van der Waals surface area contributed by atoms with Gasteiger partial charge in [-0.05, 0) is 24.5 Å². The van der Waals surface area contributed by atoms with Crippen molar-refractivity contribution in [2.24, 2.45) is 5.92 Å². The predicted molar refractivity (Wildman–Crippen MR) is 67.7 cm³/mol. The summed E-state index contributed by atoms with van der Waals surface area (Å²) in [5, 5.41) is 8.94. The standard InChI is InChI=1S/C12H15F2NO4S/c1-6(2)11(12(16)17)15-20(18,19)10-4-7(3)8(13)5-9(10)14/h4-6,11,15H,1-3H3,(H,16,17). The lowest BCUT2D eigenvalue weighted by atomic mass is 10.1. The fraction of sp³-hybridized carbons (Fsp3) is 0.417. The summed E-state index contributed by atoms with van der Waals surface area (Å²) in [7, 11) is -4.39. The van der Waals surface area contributed by atoms with E-state index in [0.717, 1.165) is 6.07 Å². The van der Waals surface area contributed by atoms with E-state index < -0.39 is 44.5 Å². The monoisotopic (exact) mass is 307 g/mol. The van der Waals surface area contributed by atoms with Crippen LogP contribution in [0, 0.1) is 24.5 Å². The van der Waals surface area contributed by atoms with Gasteiger partial charge in [-0.25, -0.2) is 17.2 Å². The number of hydrogen-bond acceptors (Lipinski definition) is 3. The highest BCUT2D eigenvalue weighted by molar-refractivity contribution is 7.89. The number of carboxylic acids is 1. The summed E-state index contributed by atoms with van der Waals surface area (Å²) in [5.74, 6) is -4.05. The van der Waals surface area contributed by atoms with E-state index in [1.54, 1.807) is 0 Å². The van der Waals surface area contributed by atoms with Crippen molar-refractivity contribution < 1.29 is 27.1 Å². The molecule has 0 saturated heterocycles. The molecule has 0 saturated carbocycles. The summed E-state index contributed by atoms with van der Waals surface area (Å²) in [6.45, 7) is 4.30. The normalized spacial score (nSPS) is 13.5. The van der Waals surface area contributed by atoms with Crippen LogP contribution >= 0.6 is 0 Å². The molecule has 5 nitrogen and oxygen atoms in total. The van der Waals surface area contributed by atoms with Crippen LogP contribution in [0.5, 0.6) is 0 Å². The number of hydrogen-bond donors (Lipinski definition) is 2. The molecule has 0 heterocycles. The van der Waals surface area contributed by atoms with E-state index in [1.165, 1.54) is 20.8 Å². The maximum absolute atomic E-state index is 13.6. The molecule has 0 aliphatic carbocycles. The van der Waals surface area contributed by atoms with Crippen molar-refractivity contribution in [2.75, 3.05) is 0 Å². The molecule has 0 aliphatic heterocycles. The van der Waals surface area contributed by atoms with E-state index in [9.17, 15) is 22.0 Å². The Hall–Kier alpha value is -1.54. The van der Waals surface area contributed by atoms with E-state index in [-0.39, 0.29) is 5.56 Å². The molecule has 2 N–H and O–H groups in total. The van der Waals surface area contributed by atoms with E-state index in [4.69, 9.17) is 5.11 Å². The Kier molecular flexibility index (Phi) is 4.82. The van der Waals surface area contributed by atoms with Crippen LogP contribution in [0.1, 0.15) is 19.4 Å². The Labute approximate surface area is 115 Å². The maximum Gasteiger partial charge on any atom is 0.322 e. The molecule has 1 atom stereocenters. The predicted octanol–water partition coefficient (Wildman–Crippen LogP) is 1.66. The number of aliphatic carboxylic acids is 1. The third-order valence-corrected chi connectivity index (χ3v) is 4.17. The number of nitrogens with one attached hydrogen (secondary N) is 1. The molecule has 0 fully saturated rings. The fourth-order valence-electron chi connectivity index (χ4n) is 1.54. The zero-order valence-corrected chi connectivity index (χ0v) is 12.0. The topological polar surface area (TPSA) is 83.5 Å². The number of aryl methyl sites for hydroxylation is 1. The first-order valence-corrected chi connectivity index (χ1v) is 7.25. The van der Waals surface area contributed by atoms with Gasteiger partial charge in [0.05, 0.1) is 0 Å². The van der Waals surface area contributed by atoms with Crippen LogP contribution in [0.15, 0.2) is 17.0 Å². The zero-order valence-electron chi connectivity index (χ0n) is 11.1. The van der Waals surface area contributed by atoms with E-state index in [0.29, 0.717) is 6.07 Å². The number of carbonyl (C=O) groups is 1. The van der Waals surface area contributed by atoms with Gasteiger partial charge in [0.15, 0.2) is 0 Å². The van der Waals surface area contributed by atoms with Crippen LogP contribution in [0.25, 0.3) is 0 Å². The van der Waals surface area contributed by atoms with Gasteiger partial charge in [-0.3, -0.25) is 4.79 Å². The Balaban J connectivity index is 3.24. The lowest BCUT2D eigenvalue weighted by Gasteiger charge is -2.18. The fourth-order valence-corrected chi connectivity index (χ4v) is 3.02. The minimum atomic E-state index is -4.39. The van der Waals surface area contributed by atoms with Crippen molar-refractivity contribution in [3.05, 3.63) is 29.3 Å². The molecule has 20 heavy (non-hydrogen) atoms. The maximum atomic E-state index is 13.6. The van der Waals surface area contributed by atoms with Gasteiger partial charge in [0.2, 0.25) is 10.0 Å². The molecule has 1 aromatic carbocycles. The smallest absolute Gasteiger partial charge is 0.322 e. The molecular formula is C12H15F2NO4S. The first kappa shape index (κ1) is 16.5. The Morgan fingerprint density at radius 1 is 1.25 bits per heavy atom. The minimum absolute atomic E-state index is 0.0526. The second-order valence-electron chi connectivity index (χ2n) is 4.71. The van der Waals surface area contributed by atoms with E-state index >= 15 is 0 Å². The molecule has 0 radical (unpaired) electrons. The molecule has 0 bridgehead atoms. The van der Waals surface area contributed by atoms with Crippen molar-refractivity contribution in [3.8, 4) is 0 Å². The molecule has 0 spiro atoms. The molecule has 0 aromatic heterocycles. The number of sulfonamides is 1. The minimum Gasteiger partial charge on any atom is -0.480 e. The average molecular weight is 307 g/mol. The van der Waals surface area contributed by atoms with Crippen LogP contribution < -0.4 is 4.72 Å². The molecule has 0 aliphatic rings. The van der Waals surface area contributed by atoms with Crippen LogP contribution in [0.4, 0.5) is 8.78 Å². The van der Waals surface area contributed by atoms with Gasteiger partial charge in [-0.1, -0.05) is 13.8 Å². The van der Waals surface area contributed by atoms with Gasteiger partial charge >= 0.3 is 5.97 Å². The van der Waals surface area contributed by atoms with Gasteiger partial charge in [0.25, 0.3) is 0 Å². The van der Waals surface area contributed by atoms with Crippen molar-refractivity contribution >= 4 is 16.0 Å². The van der Waals surface area contributed by atoms with Crippen molar-refractivity contribution in [1.82, 2.24) is 4.72 Å². The van der Waals surface area contributed by atoms with Gasteiger partial charge in [0, 0.05) is 6.07 Å². The number of carboxylic acid groups (broad SMARTS) is 1. The van der Waals surface area contributed by atoms with Crippen molar-refractivity contribution in [3.63, 3.8) is 0 Å². The second-order valence-corrected chi connectivity index (χ2v) is 6.40. The van der Waals surface area contributed by atoms with Gasteiger partial charge < -0.3 is 5.11 Å². The van der Waals surface area contributed by atoms with Gasteiger partial charge in [-0.15, -0.1) is 0 Å². The highest BCUT2D eigenvalue weighted by atomic mass is 32.2. The van der Waals surface area contributed by atoms with Gasteiger partial charge in [0.1, 0.15) is 22.6 Å². The highest BCUT2D eigenvalue weighted by Crippen LogP contribution is 2.20. The largest absolute Gasteiger partial charge is 0.480 e. The number of benzene rings is 1. The zero-order chi connectivity index (χ0) is 15.7. The third kappa shape index (κ3) is 3.51. The average Bonchev–Trinajstić information content (AvgIpc) is 2.30. The second kappa shape index (κ2) is 5.84. The lowest BCUT2D eigenvalue weighted by Crippen LogP contribution is -2.44. The molecule has 0 amide bonds. The molecule has 1 aromatic rings. The van der Waals surface area contributed by atoms with Crippen molar-refractivity contribution in [1.29, 1.82) is 0 Å². The van der Waals surface area contributed by atoms with Crippen LogP contribution in [0.2, 0.25) is 0 Å². The summed E-state index contributed by atoms with van der Waals surface area (Å²) >= 11 is 0. The first-order valence-electron chi connectivity index (χ1n) is 5.77. The summed E-state index contributed by atoms with van der Waals surface area (Å²) in [6.07, 6.45) is 0. The van der Waals surface area contributed by atoms with Crippen LogP contribution in [-0.4, -0.2) is 25.5 Å². The van der Waals surface area contributed by atoms with Crippen LogP contribution in [0.3, 0.4) is 0 Å². The van der Waals surface area contributed by atoms with E-state index in [2.05, 4.69) is 0 Å². The molecular weight excluding hydrogens is 292 g/mol. The molecule has 8 heteroatoms. The Morgan fingerprint density at radius 3 is 2.25 bits per heavy atom.